The highest BCUT2D eigenvalue weighted by atomic mass is 35.5. The number of nitrogens with zero attached hydrogens (tertiary/aromatic N) is 3. The third kappa shape index (κ3) is 3.30. The van der Waals surface area contributed by atoms with Crippen LogP contribution in [-0.4, -0.2) is 54.3 Å². The second-order valence-corrected chi connectivity index (χ2v) is 4.30. The highest BCUT2D eigenvalue weighted by Gasteiger charge is 2.17. The third-order valence-corrected chi connectivity index (χ3v) is 2.65. The lowest BCUT2D eigenvalue weighted by atomic mass is 10.3. The summed E-state index contributed by atoms with van der Waals surface area (Å²) in [4.78, 5) is 10.4. The minimum absolute atomic E-state index is 0.193. The van der Waals surface area contributed by atoms with Gasteiger partial charge in [-0.2, -0.15) is 0 Å². The van der Waals surface area contributed by atoms with Gasteiger partial charge in [0.25, 0.3) is 0 Å². The average molecular weight is 243 g/mol. The number of likely N-dealkylation sites (N-methyl/N-ethyl adjacent to an activating group) is 1. The summed E-state index contributed by atoms with van der Waals surface area (Å²) >= 11 is 5.70. The molecule has 1 unspecified atom stereocenters. The lowest BCUT2D eigenvalue weighted by Gasteiger charge is -2.30. The van der Waals surface area contributed by atoms with Crippen molar-refractivity contribution >= 4 is 17.5 Å². The van der Waals surface area contributed by atoms with E-state index in [0.29, 0.717) is 17.5 Å². The summed E-state index contributed by atoms with van der Waals surface area (Å²) in [7, 11) is 2.09. The van der Waals surface area contributed by atoms with Gasteiger partial charge in [-0.1, -0.05) is 11.6 Å². The summed E-state index contributed by atoms with van der Waals surface area (Å²) in [5, 5.41) is 3.67. The van der Waals surface area contributed by atoms with Gasteiger partial charge in [0.05, 0.1) is 30.1 Å². The molecular formula is C10H15ClN4O. The molecule has 16 heavy (non-hydrogen) atoms. The lowest BCUT2D eigenvalue weighted by Crippen LogP contribution is -2.43. The topological polar surface area (TPSA) is 50.3 Å². The maximum atomic E-state index is 5.70. The van der Waals surface area contributed by atoms with Gasteiger partial charge in [-0.15, -0.1) is 0 Å². The normalized spacial score (nSPS) is 22.0. The zero-order valence-corrected chi connectivity index (χ0v) is 9.94. The van der Waals surface area contributed by atoms with Gasteiger partial charge in [0.2, 0.25) is 5.95 Å². The predicted octanol–water partition coefficient (Wildman–Crippen LogP) is 0.872. The van der Waals surface area contributed by atoms with Crippen molar-refractivity contribution < 1.29 is 4.74 Å². The Bertz CT molecular complexity index is 332. The van der Waals surface area contributed by atoms with Crippen molar-refractivity contribution in [2.24, 2.45) is 0 Å². The van der Waals surface area contributed by atoms with E-state index in [1.165, 1.54) is 0 Å². The molecule has 1 aliphatic rings. The first kappa shape index (κ1) is 11.6. The van der Waals surface area contributed by atoms with E-state index >= 15 is 0 Å². The Morgan fingerprint density at radius 2 is 2.31 bits per heavy atom. The maximum Gasteiger partial charge on any atom is 0.222 e. The van der Waals surface area contributed by atoms with Crippen LogP contribution in [0, 0.1) is 0 Å². The quantitative estimate of drug-likeness (QED) is 0.853. The molecule has 2 rings (SSSR count). The van der Waals surface area contributed by atoms with Gasteiger partial charge in [-0.25, -0.2) is 9.97 Å². The minimum Gasteiger partial charge on any atom is -0.374 e. The van der Waals surface area contributed by atoms with Crippen LogP contribution in [0.3, 0.4) is 0 Å². The van der Waals surface area contributed by atoms with Crippen LogP contribution < -0.4 is 5.32 Å². The van der Waals surface area contributed by atoms with Crippen LogP contribution in [-0.2, 0) is 4.74 Å². The molecule has 1 aromatic rings. The molecule has 0 aromatic carbocycles. The van der Waals surface area contributed by atoms with Crippen LogP contribution in [0.25, 0.3) is 0 Å². The van der Waals surface area contributed by atoms with Crippen LogP contribution in [0.1, 0.15) is 0 Å². The van der Waals surface area contributed by atoms with Crippen molar-refractivity contribution in [3.05, 3.63) is 17.4 Å². The van der Waals surface area contributed by atoms with Gasteiger partial charge >= 0.3 is 0 Å². The number of rotatable bonds is 3. The second-order valence-electron chi connectivity index (χ2n) is 3.86. The highest BCUT2D eigenvalue weighted by Crippen LogP contribution is 2.07. The molecule has 0 aliphatic carbocycles. The molecule has 1 aliphatic heterocycles. The Balaban J connectivity index is 1.80. The van der Waals surface area contributed by atoms with Gasteiger partial charge in [-0.3, -0.25) is 0 Å². The molecule has 1 atom stereocenters. The van der Waals surface area contributed by atoms with E-state index in [0.717, 1.165) is 19.7 Å². The summed E-state index contributed by atoms with van der Waals surface area (Å²) in [6, 6.07) is 0. The fraction of sp³-hybridized carbons (Fsp3) is 0.600. The maximum absolute atomic E-state index is 5.70. The molecule has 0 spiro atoms. The monoisotopic (exact) mass is 242 g/mol. The van der Waals surface area contributed by atoms with Crippen molar-refractivity contribution in [1.82, 2.24) is 14.9 Å². The largest absolute Gasteiger partial charge is 0.374 e. The zero-order valence-electron chi connectivity index (χ0n) is 9.19. The third-order valence-electron chi connectivity index (χ3n) is 2.45. The smallest absolute Gasteiger partial charge is 0.222 e. The number of halogens is 1. The molecular weight excluding hydrogens is 228 g/mol. The fourth-order valence-corrected chi connectivity index (χ4v) is 1.70. The fourth-order valence-electron chi connectivity index (χ4n) is 1.60. The van der Waals surface area contributed by atoms with Crippen molar-refractivity contribution in [3.63, 3.8) is 0 Å². The zero-order chi connectivity index (χ0) is 11.4. The van der Waals surface area contributed by atoms with Gasteiger partial charge in [0.1, 0.15) is 0 Å². The number of nitrogens with one attached hydrogen (secondary N) is 1. The summed E-state index contributed by atoms with van der Waals surface area (Å²) < 4.78 is 5.61. The summed E-state index contributed by atoms with van der Waals surface area (Å²) in [5.74, 6) is 0.584. The van der Waals surface area contributed by atoms with Gasteiger partial charge < -0.3 is 15.0 Å². The molecule has 5 nitrogen and oxygen atoms in total. The van der Waals surface area contributed by atoms with Crippen LogP contribution in [0.2, 0.25) is 5.02 Å². The molecule has 1 fully saturated rings. The highest BCUT2D eigenvalue weighted by molar-refractivity contribution is 6.30. The summed E-state index contributed by atoms with van der Waals surface area (Å²) in [5.41, 5.74) is 0. The first-order chi connectivity index (χ1) is 7.74. The second kappa shape index (κ2) is 5.43. The number of morpholine rings is 1. The summed E-state index contributed by atoms with van der Waals surface area (Å²) in [6.45, 7) is 3.42. The molecule has 6 heteroatoms. The SMILES string of the molecule is CN1CCOC(CNc2ncc(Cl)cn2)C1. The molecule has 0 amide bonds. The number of aromatic nitrogens is 2. The molecule has 2 heterocycles. The number of hydrogen-bond acceptors (Lipinski definition) is 5. The van der Waals surface area contributed by atoms with Crippen molar-refractivity contribution in [1.29, 1.82) is 0 Å². The van der Waals surface area contributed by atoms with E-state index in [1.54, 1.807) is 12.4 Å². The Morgan fingerprint density at radius 1 is 1.56 bits per heavy atom. The van der Waals surface area contributed by atoms with Crippen LogP contribution in [0.5, 0.6) is 0 Å². The molecule has 1 aromatic heterocycles. The van der Waals surface area contributed by atoms with Crippen LogP contribution in [0.15, 0.2) is 12.4 Å². The number of hydrogen-bond donors (Lipinski definition) is 1. The standard InChI is InChI=1S/C10H15ClN4O/c1-15-2-3-16-9(7-15)6-14-10-12-4-8(11)5-13-10/h4-5,9H,2-3,6-7H2,1H3,(H,12,13,14). The molecule has 1 saturated heterocycles. The summed E-state index contributed by atoms with van der Waals surface area (Å²) in [6.07, 6.45) is 3.34. The molecule has 0 saturated carbocycles. The first-order valence-electron chi connectivity index (χ1n) is 5.25. The Morgan fingerprint density at radius 3 is 3.00 bits per heavy atom. The Hall–Kier alpha value is -0.910. The van der Waals surface area contributed by atoms with E-state index in [4.69, 9.17) is 16.3 Å². The van der Waals surface area contributed by atoms with E-state index in [2.05, 4.69) is 27.2 Å². The van der Waals surface area contributed by atoms with Gasteiger partial charge in [0, 0.05) is 19.6 Å². The van der Waals surface area contributed by atoms with Crippen molar-refractivity contribution in [2.75, 3.05) is 38.6 Å². The Kier molecular flexibility index (Phi) is 3.93. The lowest BCUT2D eigenvalue weighted by molar-refractivity contribution is -0.0117. The Labute approximate surface area is 99.8 Å². The van der Waals surface area contributed by atoms with E-state index in [9.17, 15) is 0 Å². The van der Waals surface area contributed by atoms with Crippen molar-refractivity contribution in [3.8, 4) is 0 Å². The van der Waals surface area contributed by atoms with Crippen LogP contribution >= 0.6 is 11.6 Å². The molecule has 88 valence electrons. The first-order valence-corrected chi connectivity index (χ1v) is 5.63. The average Bonchev–Trinajstić information content (AvgIpc) is 2.28. The molecule has 0 radical (unpaired) electrons. The number of anilines is 1. The van der Waals surface area contributed by atoms with Gasteiger partial charge in [0.15, 0.2) is 0 Å². The van der Waals surface area contributed by atoms with Crippen molar-refractivity contribution in [2.45, 2.75) is 6.10 Å². The van der Waals surface area contributed by atoms with E-state index < -0.39 is 0 Å². The van der Waals surface area contributed by atoms with Crippen LogP contribution in [0.4, 0.5) is 5.95 Å². The van der Waals surface area contributed by atoms with Gasteiger partial charge in [-0.05, 0) is 7.05 Å². The number of ether oxygens (including phenoxy) is 1. The molecule has 0 bridgehead atoms. The van der Waals surface area contributed by atoms with E-state index in [-0.39, 0.29) is 6.10 Å². The minimum atomic E-state index is 0.193. The van der Waals surface area contributed by atoms with E-state index in [1.807, 2.05) is 0 Å². The predicted molar refractivity (Wildman–Crippen MR) is 62.8 cm³/mol. The molecule has 1 N–H and O–H groups in total.